The van der Waals surface area contributed by atoms with Gasteiger partial charge in [0.25, 0.3) is 0 Å². The second-order valence-electron chi connectivity index (χ2n) is 8.48. The van der Waals surface area contributed by atoms with Crippen LogP contribution in [-0.4, -0.2) is 74.9 Å². The van der Waals surface area contributed by atoms with Gasteiger partial charge in [-0.3, -0.25) is 0 Å². The molecule has 3 rings (SSSR count). The molecule has 6 nitrogen and oxygen atoms in total. The normalized spacial score (nSPS) is 19.6. The Kier molecular flexibility index (Phi) is 8.78. The number of nitrogen functional groups attached to an aromatic ring is 1. The molecule has 0 atom stereocenters. The third-order valence-electron chi connectivity index (χ3n) is 6.18. The Morgan fingerprint density at radius 2 is 1.21 bits per heavy atom. The van der Waals surface area contributed by atoms with Crippen molar-refractivity contribution in [3.8, 4) is 0 Å². The lowest BCUT2D eigenvalue weighted by Gasteiger charge is -2.29. The van der Waals surface area contributed by atoms with E-state index < -0.39 is 10.0 Å². The fraction of sp³-hybridized carbons (Fsp3) is 0.727. The van der Waals surface area contributed by atoms with Crippen molar-refractivity contribution in [2.45, 2.75) is 56.3 Å². The second-order valence-corrected chi connectivity index (χ2v) is 10.4. The first-order chi connectivity index (χ1) is 14.1. The van der Waals surface area contributed by atoms with Gasteiger partial charge in [0.15, 0.2) is 0 Å². The van der Waals surface area contributed by atoms with Crippen molar-refractivity contribution in [3.63, 3.8) is 0 Å². The Hall–Kier alpha value is -1.15. The van der Waals surface area contributed by atoms with E-state index in [0.717, 1.165) is 52.1 Å². The van der Waals surface area contributed by atoms with E-state index in [1.54, 1.807) is 28.6 Å². The van der Waals surface area contributed by atoms with Crippen molar-refractivity contribution in [2.24, 2.45) is 0 Å². The molecule has 0 amide bonds. The lowest BCUT2D eigenvalue weighted by atomic mass is 10.1. The average molecular weight is 423 g/mol. The van der Waals surface area contributed by atoms with Gasteiger partial charge in [-0.15, -0.1) is 0 Å². The molecule has 29 heavy (non-hydrogen) atoms. The Labute approximate surface area is 177 Å². The molecule has 2 aliphatic heterocycles. The van der Waals surface area contributed by atoms with Crippen LogP contribution >= 0.6 is 0 Å². The van der Waals surface area contributed by atoms with E-state index in [2.05, 4.69) is 9.80 Å². The molecule has 7 heteroatoms. The molecule has 0 radical (unpaired) electrons. The Bertz CT molecular complexity index is 672. The van der Waals surface area contributed by atoms with Crippen LogP contribution in [0.2, 0.25) is 0 Å². The van der Waals surface area contributed by atoms with Crippen LogP contribution in [0.1, 0.15) is 51.4 Å². The van der Waals surface area contributed by atoms with Gasteiger partial charge in [-0.1, -0.05) is 12.8 Å². The van der Waals surface area contributed by atoms with Crippen LogP contribution < -0.4 is 5.73 Å². The molecule has 0 bridgehead atoms. The van der Waals surface area contributed by atoms with Gasteiger partial charge in [0, 0.05) is 18.8 Å². The van der Waals surface area contributed by atoms with Crippen LogP contribution in [0.5, 0.6) is 0 Å². The zero-order valence-corrected chi connectivity index (χ0v) is 18.6. The van der Waals surface area contributed by atoms with Crippen molar-refractivity contribution in [2.75, 3.05) is 58.1 Å². The molecule has 164 valence electrons. The van der Waals surface area contributed by atoms with E-state index in [4.69, 9.17) is 5.73 Å². The molecular formula is C22H38N4O2S. The highest BCUT2D eigenvalue weighted by atomic mass is 32.2. The van der Waals surface area contributed by atoms with Crippen LogP contribution in [0.25, 0.3) is 0 Å². The predicted molar refractivity (Wildman–Crippen MR) is 119 cm³/mol. The summed E-state index contributed by atoms with van der Waals surface area (Å²) in [5.74, 6) is 0. The van der Waals surface area contributed by atoms with Gasteiger partial charge in [-0.2, -0.15) is 4.31 Å². The summed E-state index contributed by atoms with van der Waals surface area (Å²) in [6.45, 7) is 7.75. The molecule has 2 N–H and O–H groups in total. The molecular weight excluding hydrogens is 384 g/mol. The molecule has 2 aliphatic rings. The molecule has 2 heterocycles. The lowest BCUT2D eigenvalue weighted by Crippen LogP contribution is -2.38. The van der Waals surface area contributed by atoms with Gasteiger partial charge >= 0.3 is 0 Å². The summed E-state index contributed by atoms with van der Waals surface area (Å²) in [7, 11) is -3.48. The maximum Gasteiger partial charge on any atom is 0.243 e. The molecule has 0 unspecified atom stereocenters. The van der Waals surface area contributed by atoms with E-state index in [1.807, 2.05) is 0 Å². The van der Waals surface area contributed by atoms with E-state index in [1.165, 1.54) is 38.5 Å². The minimum atomic E-state index is -3.48. The van der Waals surface area contributed by atoms with Crippen LogP contribution in [0, 0.1) is 0 Å². The van der Waals surface area contributed by atoms with Crippen molar-refractivity contribution >= 4 is 15.7 Å². The van der Waals surface area contributed by atoms with Crippen molar-refractivity contribution in [1.29, 1.82) is 0 Å². The lowest BCUT2D eigenvalue weighted by molar-refractivity contribution is 0.210. The summed E-state index contributed by atoms with van der Waals surface area (Å²) in [6.07, 6.45) is 9.49. The minimum Gasteiger partial charge on any atom is -0.399 e. The SMILES string of the molecule is Nc1ccc(S(=O)(=O)N(CCCN2CCCCC2)CCCN2CCCCC2)cc1. The molecule has 0 aliphatic carbocycles. The van der Waals surface area contributed by atoms with E-state index in [-0.39, 0.29) is 0 Å². The van der Waals surface area contributed by atoms with Crippen LogP contribution in [0.15, 0.2) is 29.2 Å². The quantitative estimate of drug-likeness (QED) is 0.587. The molecule has 2 saturated heterocycles. The highest BCUT2D eigenvalue weighted by Crippen LogP contribution is 2.19. The largest absolute Gasteiger partial charge is 0.399 e. The zero-order valence-electron chi connectivity index (χ0n) is 17.8. The summed E-state index contributed by atoms with van der Waals surface area (Å²) < 4.78 is 28.2. The summed E-state index contributed by atoms with van der Waals surface area (Å²) in [5, 5.41) is 0. The maximum atomic E-state index is 13.3. The Morgan fingerprint density at radius 1 is 0.759 bits per heavy atom. The third kappa shape index (κ3) is 6.95. The zero-order chi connectivity index (χ0) is 20.5. The van der Waals surface area contributed by atoms with Gasteiger partial charge in [0.05, 0.1) is 4.90 Å². The topological polar surface area (TPSA) is 69.9 Å². The number of rotatable bonds is 10. The van der Waals surface area contributed by atoms with Gasteiger partial charge < -0.3 is 15.5 Å². The van der Waals surface area contributed by atoms with Crippen LogP contribution in [0.4, 0.5) is 5.69 Å². The first-order valence-corrected chi connectivity index (χ1v) is 12.8. The number of nitrogens with two attached hydrogens (primary N) is 1. The number of hydrogen-bond acceptors (Lipinski definition) is 5. The molecule has 0 saturated carbocycles. The summed E-state index contributed by atoms with van der Waals surface area (Å²) in [5.41, 5.74) is 6.34. The molecule has 1 aromatic carbocycles. The Balaban J connectivity index is 1.58. The van der Waals surface area contributed by atoms with Gasteiger partial charge in [-0.25, -0.2) is 8.42 Å². The average Bonchev–Trinajstić information content (AvgIpc) is 2.74. The number of nitrogens with zero attached hydrogens (tertiary/aromatic N) is 3. The number of anilines is 1. The molecule has 2 fully saturated rings. The fourth-order valence-corrected chi connectivity index (χ4v) is 5.97. The van der Waals surface area contributed by atoms with Crippen LogP contribution in [0.3, 0.4) is 0 Å². The summed E-state index contributed by atoms with van der Waals surface area (Å²) in [6, 6.07) is 6.61. The highest BCUT2D eigenvalue weighted by Gasteiger charge is 2.24. The number of benzene rings is 1. The number of sulfonamides is 1. The van der Waals surface area contributed by atoms with Crippen molar-refractivity contribution < 1.29 is 8.42 Å². The third-order valence-corrected chi connectivity index (χ3v) is 8.09. The minimum absolute atomic E-state index is 0.350. The summed E-state index contributed by atoms with van der Waals surface area (Å²) in [4.78, 5) is 5.30. The Morgan fingerprint density at radius 3 is 1.66 bits per heavy atom. The molecule has 1 aromatic rings. The molecule has 0 aromatic heterocycles. The number of piperidine rings is 2. The standard InChI is InChI=1S/C22H38N4O2S/c23-21-9-11-22(12-10-21)29(27,28)26(19-7-17-24-13-3-1-4-14-24)20-8-18-25-15-5-2-6-16-25/h9-12H,1-8,13-20,23H2. The van der Waals surface area contributed by atoms with Gasteiger partial charge in [0.1, 0.15) is 0 Å². The maximum absolute atomic E-state index is 13.3. The van der Waals surface area contributed by atoms with Crippen LogP contribution in [-0.2, 0) is 10.0 Å². The first-order valence-electron chi connectivity index (χ1n) is 11.4. The van der Waals surface area contributed by atoms with Gasteiger partial charge in [0.2, 0.25) is 10.0 Å². The van der Waals surface area contributed by atoms with E-state index in [0.29, 0.717) is 23.7 Å². The smallest absolute Gasteiger partial charge is 0.243 e. The molecule has 0 spiro atoms. The van der Waals surface area contributed by atoms with E-state index in [9.17, 15) is 8.42 Å². The number of hydrogen-bond donors (Lipinski definition) is 1. The number of likely N-dealkylation sites (tertiary alicyclic amines) is 2. The predicted octanol–water partition coefficient (Wildman–Crippen LogP) is 3.01. The monoisotopic (exact) mass is 422 g/mol. The first kappa shape index (κ1) is 22.5. The highest BCUT2D eigenvalue weighted by molar-refractivity contribution is 7.89. The second kappa shape index (κ2) is 11.3. The van der Waals surface area contributed by atoms with Crippen molar-refractivity contribution in [1.82, 2.24) is 14.1 Å². The van der Waals surface area contributed by atoms with Gasteiger partial charge in [-0.05, 0) is 102 Å². The summed E-state index contributed by atoms with van der Waals surface area (Å²) >= 11 is 0. The van der Waals surface area contributed by atoms with Crippen molar-refractivity contribution in [3.05, 3.63) is 24.3 Å². The fourth-order valence-electron chi connectivity index (χ4n) is 4.45. The van der Waals surface area contributed by atoms with E-state index >= 15 is 0 Å².